The number of nitrogens with zero attached hydrogens (tertiary/aromatic N) is 1. The van der Waals surface area contributed by atoms with Crippen molar-refractivity contribution in [2.75, 3.05) is 13.1 Å². The molecule has 0 radical (unpaired) electrons. The zero-order chi connectivity index (χ0) is 20.3. The van der Waals surface area contributed by atoms with E-state index in [2.05, 4.69) is 5.32 Å². The first-order valence-electron chi connectivity index (χ1n) is 9.40. The Labute approximate surface area is 165 Å². The van der Waals surface area contributed by atoms with Gasteiger partial charge in [-0.1, -0.05) is 29.8 Å². The fourth-order valence-electron chi connectivity index (χ4n) is 3.40. The Hall–Kier alpha value is -2.25. The van der Waals surface area contributed by atoms with Gasteiger partial charge in [0.15, 0.2) is 0 Å². The molecule has 1 N–H and O–H groups in total. The molecule has 0 spiro atoms. The van der Waals surface area contributed by atoms with E-state index in [1.807, 2.05) is 38.1 Å². The van der Waals surface area contributed by atoms with Crippen molar-refractivity contribution in [1.29, 1.82) is 0 Å². The number of nitrogens with one attached hydrogen (secondary N) is 1. The zero-order valence-electron chi connectivity index (χ0n) is 16.1. The van der Waals surface area contributed by atoms with Gasteiger partial charge in [-0.05, 0) is 56.5 Å². The lowest BCUT2D eigenvalue weighted by Gasteiger charge is -2.32. The van der Waals surface area contributed by atoms with Crippen molar-refractivity contribution in [3.05, 3.63) is 65.5 Å². The number of carbonyl (C=O) groups is 1. The van der Waals surface area contributed by atoms with E-state index in [4.69, 9.17) is 0 Å². The lowest BCUT2D eigenvalue weighted by molar-refractivity contribution is -0.126. The van der Waals surface area contributed by atoms with Gasteiger partial charge in [-0.3, -0.25) is 4.79 Å². The van der Waals surface area contributed by atoms with E-state index in [0.29, 0.717) is 19.4 Å². The maximum absolute atomic E-state index is 13.1. The van der Waals surface area contributed by atoms with E-state index >= 15 is 0 Å². The molecule has 7 heteroatoms. The van der Waals surface area contributed by atoms with E-state index in [1.54, 1.807) is 0 Å². The van der Waals surface area contributed by atoms with Gasteiger partial charge in [0.1, 0.15) is 5.82 Å². The summed E-state index contributed by atoms with van der Waals surface area (Å²) in [6.45, 7) is 4.41. The first-order valence-corrected chi connectivity index (χ1v) is 10.8. The predicted molar refractivity (Wildman–Crippen MR) is 106 cm³/mol. The van der Waals surface area contributed by atoms with Gasteiger partial charge in [0, 0.05) is 13.1 Å². The number of carbonyl (C=O) groups excluding carboxylic acids is 1. The molecule has 0 bridgehead atoms. The molecule has 0 aliphatic carbocycles. The molecule has 1 saturated heterocycles. The van der Waals surface area contributed by atoms with Crippen LogP contribution in [0.25, 0.3) is 0 Å². The van der Waals surface area contributed by atoms with Gasteiger partial charge < -0.3 is 5.32 Å². The van der Waals surface area contributed by atoms with E-state index in [0.717, 1.165) is 23.3 Å². The van der Waals surface area contributed by atoms with Crippen molar-refractivity contribution < 1.29 is 17.6 Å². The van der Waals surface area contributed by atoms with Gasteiger partial charge in [-0.25, -0.2) is 12.8 Å². The fraction of sp³-hybridized carbons (Fsp3) is 0.381. The number of halogens is 1. The highest BCUT2D eigenvalue weighted by Crippen LogP contribution is 2.25. The smallest absolute Gasteiger partial charge is 0.243 e. The van der Waals surface area contributed by atoms with Crippen LogP contribution in [0.3, 0.4) is 0 Å². The monoisotopic (exact) mass is 404 g/mol. The maximum atomic E-state index is 13.1. The van der Waals surface area contributed by atoms with Crippen LogP contribution in [0.2, 0.25) is 0 Å². The van der Waals surface area contributed by atoms with Crippen LogP contribution in [0.1, 0.15) is 36.9 Å². The number of benzene rings is 2. The molecule has 5 nitrogen and oxygen atoms in total. The highest BCUT2D eigenvalue weighted by molar-refractivity contribution is 7.89. The molecule has 2 aromatic rings. The van der Waals surface area contributed by atoms with Gasteiger partial charge in [-0.15, -0.1) is 0 Å². The molecule has 1 fully saturated rings. The minimum absolute atomic E-state index is 0.0444. The van der Waals surface area contributed by atoms with E-state index < -0.39 is 21.8 Å². The standard InChI is InChI=1S/C21H25FN2O3S/c1-15-5-7-17(8-6-15)16(2)23-21(25)18-4-3-13-24(14-18)28(26,27)20-11-9-19(22)10-12-20/h5-12,16,18H,3-4,13-14H2,1-2H3,(H,23,25)/t16-,18-/m1/s1. The number of hydrogen-bond acceptors (Lipinski definition) is 3. The quantitative estimate of drug-likeness (QED) is 0.830. The SMILES string of the molecule is Cc1ccc([C@@H](C)NC(=O)[C@@H]2CCCN(S(=O)(=O)c3ccc(F)cc3)C2)cc1. The number of hydrogen-bond donors (Lipinski definition) is 1. The van der Waals surface area contributed by atoms with E-state index in [1.165, 1.54) is 16.4 Å². The Morgan fingerprint density at radius 2 is 1.79 bits per heavy atom. The van der Waals surface area contributed by atoms with E-state index in [9.17, 15) is 17.6 Å². The van der Waals surface area contributed by atoms with Crippen LogP contribution in [0.15, 0.2) is 53.4 Å². The second-order valence-corrected chi connectivity index (χ2v) is 9.24. The Morgan fingerprint density at radius 3 is 2.43 bits per heavy atom. The predicted octanol–water partition coefficient (Wildman–Crippen LogP) is 3.41. The van der Waals surface area contributed by atoms with Crippen molar-refractivity contribution in [3.63, 3.8) is 0 Å². The van der Waals surface area contributed by atoms with Crippen LogP contribution < -0.4 is 5.32 Å². The van der Waals surface area contributed by atoms with Crippen LogP contribution in [0, 0.1) is 18.7 Å². The highest BCUT2D eigenvalue weighted by Gasteiger charge is 2.33. The van der Waals surface area contributed by atoms with Crippen LogP contribution in [0.5, 0.6) is 0 Å². The number of piperidine rings is 1. The van der Waals surface area contributed by atoms with Crippen molar-refractivity contribution in [1.82, 2.24) is 9.62 Å². The molecule has 150 valence electrons. The molecule has 0 saturated carbocycles. The number of sulfonamides is 1. The molecular formula is C21H25FN2O3S. The summed E-state index contributed by atoms with van der Waals surface area (Å²) in [4.78, 5) is 12.8. The van der Waals surface area contributed by atoms with Crippen molar-refractivity contribution in [2.45, 2.75) is 37.6 Å². The van der Waals surface area contributed by atoms with Crippen molar-refractivity contribution in [3.8, 4) is 0 Å². The molecule has 28 heavy (non-hydrogen) atoms. The molecule has 2 aromatic carbocycles. The average Bonchev–Trinajstić information content (AvgIpc) is 2.69. The molecule has 0 unspecified atom stereocenters. The largest absolute Gasteiger partial charge is 0.349 e. The van der Waals surface area contributed by atoms with Crippen LogP contribution in [-0.2, 0) is 14.8 Å². The second kappa shape index (κ2) is 8.41. The summed E-state index contributed by atoms with van der Waals surface area (Å²) < 4.78 is 40.1. The number of amides is 1. The molecule has 1 amide bonds. The van der Waals surface area contributed by atoms with Gasteiger partial charge >= 0.3 is 0 Å². The third-order valence-electron chi connectivity index (χ3n) is 5.14. The van der Waals surface area contributed by atoms with Crippen molar-refractivity contribution >= 4 is 15.9 Å². The molecule has 1 heterocycles. The highest BCUT2D eigenvalue weighted by atomic mass is 32.2. The second-order valence-electron chi connectivity index (χ2n) is 7.30. The van der Waals surface area contributed by atoms with Crippen molar-refractivity contribution in [2.24, 2.45) is 5.92 Å². The molecular weight excluding hydrogens is 379 g/mol. The zero-order valence-corrected chi connectivity index (χ0v) is 16.9. The third-order valence-corrected chi connectivity index (χ3v) is 7.02. The fourth-order valence-corrected chi connectivity index (χ4v) is 4.92. The number of rotatable bonds is 5. The summed E-state index contributed by atoms with van der Waals surface area (Å²) in [5.41, 5.74) is 2.15. The van der Waals surface area contributed by atoms with Crippen LogP contribution in [0.4, 0.5) is 4.39 Å². The molecule has 2 atom stereocenters. The Bertz CT molecular complexity index is 927. The lowest BCUT2D eigenvalue weighted by atomic mass is 9.97. The van der Waals surface area contributed by atoms with E-state index in [-0.39, 0.29) is 23.4 Å². The molecule has 1 aliphatic heterocycles. The number of aryl methyl sites for hydroxylation is 1. The Morgan fingerprint density at radius 1 is 1.14 bits per heavy atom. The topological polar surface area (TPSA) is 66.5 Å². The van der Waals surface area contributed by atoms with Gasteiger partial charge in [0.05, 0.1) is 16.9 Å². The minimum Gasteiger partial charge on any atom is -0.349 e. The minimum atomic E-state index is -3.74. The summed E-state index contributed by atoms with van der Waals surface area (Å²) >= 11 is 0. The lowest BCUT2D eigenvalue weighted by Crippen LogP contribution is -2.45. The molecule has 0 aromatic heterocycles. The maximum Gasteiger partial charge on any atom is 0.243 e. The van der Waals surface area contributed by atoms with Gasteiger partial charge in [0.2, 0.25) is 15.9 Å². The molecule has 1 aliphatic rings. The summed E-state index contributed by atoms with van der Waals surface area (Å²) in [6.07, 6.45) is 1.25. The average molecular weight is 405 g/mol. The van der Waals surface area contributed by atoms with Crippen LogP contribution >= 0.6 is 0 Å². The summed E-state index contributed by atoms with van der Waals surface area (Å²) in [7, 11) is -3.74. The Kier molecular flexibility index (Phi) is 6.15. The Balaban J connectivity index is 1.67. The van der Waals surface area contributed by atoms with Gasteiger partial charge in [0.25, 0.3) is 0 Å². The normalized spacial score (nSPS) is 19.2. The third kappa shape index (κ3) is 4.59. The summed E-state index contributed by atoms with van der Waals surface area (Å²) in [6, 6.07) is 12.6. The first kappa shape index (κ1) is 20.5. The van der Waals surface area contributed by atoms with Gasteiger partial charge in [-0.2, -0.15) is 4.31 Å². The molecule has 3 rings (SSSR count). The summed E-state index contributed by atoms with van der Waals surface area (Å²) in [5.74, 6) is -1.04. The first-order chi connectivity index (χ1) is 13.3. The summed E-state index contributed by atoms with van der Waals surface area (Å²) in [5, 5.41) is 2.99. The van der Waals surface area contributed by atoms with Crippen LogP contribution in [-0.4, -0.2) is 31.7 Å².